The van der Waals surface area contributed by atoms with E-state index in [0.29, 0.717) is 5.69 Å². The fourth-order valence-corrected chi connectivity index (χ4v) is 2.58. The number of nitrogens with one attached hydrogen (secondary N) is 1. The number of carbonyl (C=O) groups excluding carboxylic acids is 2. The maximum absolute atomic E-state index is 13.5. The minimum atomic E-state index is -0.994. The van der Waals surface area contributed by atoms with E-state index >= 15 is 0 Å². The lowest BCUT2D eigenvalue weighted by Crippen LogP contribution is -2.29. The molecule has 0 aliphatic carbocycles. The van der Waals surface area contributed by atoms with Gasteiger partial charge in [0, 0.05) is 16.1 Å². The van der Waals surface area contributed by atoms with Crippen LogP contribution in [0.2, 0.25) is 0 Å². The van der Waals surface area contributed by atoms with E-state index in [-0.39, 0.29) is 5.56 Å². The molecule has 130 valence electrons. The average Bonchev–Trinajstić information content (AvgIpc) is 2.56. The fourth-order valence-electron chi connectivity index (χ4n) is 1.99. The van der Waals surface area contributed by atoms with E-state index in [2.05, 4.69) is 21.2 Å². The molecule has 4 nitrogen and oxygen atoms in total. The van der Waals surface area contributed by atoms with Crippen LogP contribution in [0, 0.1) is 12.7 Å². The van der Waals surface area contributed by atoms with E-state index in [0.717, 1.165) is 16.1 Å². The highest BCUT2D eigenvalue weighted by Crippen LogP contribution is 2.23. The van der Waals surface area contributed by atoms with Crippen LogP contribution in [0.4, 0.5) is 10.1 Å². The van der Waals surface area contributed by atoms with Crippen LogP contribution >= 0.6 is 15.9 Å². The molecule has 0 saturated heterocycles. The van der Waals surface area contributed by atoms with Gasteiger partial charge >= 0.3 is 5.97 Å². The molecule has 1 N–H and O–H groups in total. The van der Waals surface area contributed by atoms with Crippen LogP contribution in [0.15, 0.2) is 53.0 Å². The molecule has 0 radical (unpaired) electrons. The summed E-state index contributed by atoms with van der Waals surface area (Å²) in [5, 5.41) is 2.68. The van der Waals surface area contributed by atoms with Crippen LogP contribution in [0.5, 0.6) is 0 Å². The minimum absolute atomic E-state index is 0.264. The van der Waals surface area contributed by atoms with Gasteiger partial charge in [0.25, 0.3) is 5.91 Å². The summed E-state index contributed by atoms with van der Waals surface area (Å²) in [6.07, 6.45) is 1.40. The highest BCUT2D eigenvalue weighted by atomic mass is 79.9. The number of amides is 1. The lowest BCUT2D eigenvalue weighted by Gasteiger charge is -2.13. The van der Waals surface area contributed by atoms with Crippen molar-refractivity contribution in [3.05, 3.63) is 70.0 Å². The summed E-state index contributed by atoms with van der Waals surface area (Å²) in [5.74, 6) is -1.63. The van der Waals surface area contributed by atoms with Crippen molar-refractivity contribution in [1.29, 1.82) is 0 Å². The summed E-state index contributed by atoms with van der Waals surface area (Å²) in [5.41, 5.74) is 1.89. The van der Waals surface area contributed by atoms with Crippen LogP contribution in [0.3, 0.4) is 0 Å². The number of rotatable bonds is 5. The molecule has 2 aromatic carbocycles. The predicted octanol–water partition coefficient (Wildman–Crippen LogP) is 4.48. The number of halogens is 2. The zero-order valence-electron chi connectivity index (χ0n) is 13.8. The van der Waals surface area contributed by atoms with Crippen molar-refractivity contribution in [1.82, 2.24) is 0 Å². The van der Waals surface area contributed by atoms with Crippen molar-refractivity contribution < 1.29 is 18.7 Å². The first-order valence-electron chi connectivity index (χ1n) is 7.57. The van der Waals surface area contributed by atoms with Crippen molar-refractivity contribution in [2.75, 3.05) is 5.32 Å². The molecule has 0 unspecified atom stereocenters. The monoisotopic (exact) mass is 405 g/mol. The summed E-state index contributed by atoms with van der Waals surface area (Å²) in [4.78, 5) is 23.9. The van der Waals surface area contributed by atoms with Crippen molar-refractivity contribution in [3.63, 3.8) is 0 Å². The topological polar surface area (TPSA) is 55.4 Å². The Labute approximate surface area is 153 Å². The van der Waals surface area contributed by atoms with Gasteiger partial charge in [-0.2, -0.15) is 0 Å². The molecule has 6 heteroatoms. The van der Waals surface area contributed by atoms with E-state index in [9.17, 15) is 14.0 Å². The molecule has 0 bridgehead atoms. The smallest absolute Gasteiger partial charge is 0.331 e. The van der Waals surface area contributed by atoms with E-state index in [4.69, 9.17) is 4.74 Å². The molecule has 0 saturated carbocycles. The highest BCUT2D eigenvalue weighted by molar-refractivity contribution is 9.10. The van der Waals surface area contributed by atoms with Gasteiger partial charge in [0.2, 0.25) is 0 Å². The Morgan fingerprint density at radius 2 is 1.96 bits per heavy atom. The van der Waals surface area contributed by atoms with Crippen LogP contribution in [-0.2, 0) is 14.3 Å². The van der Waals surface area contributed by atoms with Gasteiger partial charge in [0.05, 0.1) is 5.69 Å². The first-order chi connectivity index (χ1) is 11.9. The number of hydrogen-bond acceptors (Lipinski definition) is 3. The molecule has 1 amide bonds. The second-order valence-corrected chi connectivity index (χ2v) is 6.26. The largest absolute Gasteiger partial charge is 0.449 e. The summed E-state index contributed by atoms with van der Waals surface area (Å²) in [7, 11) is 0. The highest BCUT2D eigenvalue weighted by Gasteiger charge is 2.17. The summed E-state index contributed by atoms with van der Waals surface area (Å²) >= 11 is 3.36. The van der Waals surface area contributed by atoms with Crippen LogP contribution in [0.1, 0.15) is 18.1 Å². The van der Waals surface area contributed by atoms with Crippen LogP contribution in [-0.4, -0.2) is 18.0 Å². The Kier molecular flexibility index (Phi) is 6.47. The Morgan fingerprint density at radius 1 is 1.24 bits per heavy atom. The molecule has 0 fully saturated rings. The standard InChI is InChI=1S/C19H17BrFNO3/c1-12-7-9-17(15(20)11-12)22-19(24)13(2)25-18(23)10-8-14-5-3-4-6-16(14)21/h3-11,13H,1-2H3,(H,22,24)/b10-8+/t13-/m1/s1. The summed E-state index contributed by atoms with van der Waals surface area (Å²) in [6, 6.07) is 11.5. The Morgan fingerprint density at radius 3 is 2.64 bits per heavy atom. The third-order valence-electron chi connectivity index (χ3n) is 3.35. The molecule has 0 heterocycles. The van der Waals surface area contributed by atoms with Gasteiger partial charge in [-0.1, -0.05) is 24.3 Å². The molecule has 0 aliphatic heterocycles. The van der Waals surface area contributed by atoms with E-state index < -0.39 is 23.8 Å². The van der Waals surface area contributed by atoms with Crippen molar-refractivity contribution >= 4 is 39.6 Å². The summed E-state index contributed by atoms with van der Waals surface area (Å²) < 4.78 is 19.2. The molecular formula is C19H17BrFNO3. The van der Waals surface area contributed by atoms with Gasteiger partial charge in [-0.15, -0.1) is 0 Å². The number of hydrogen-bond donors (Lipinski definition) is 1. The number of aryl methyl sites for hydroxylation is 1. The molecular weight excluding hydrogens is 389 g/mol. The van der Waals surface area contributed by atoms with Crippen LogP contribution < -0.4 is 5.32 Å². The van der Waals surface area contributed by atoms with Crippen LogP contribution in [0.25, 0.3) is 6.08 Å². The van der Waals surface area contributed by atoms with Gasteiger partial charge in [-0.25, -0.2) is 9.18 Å². The average molecular weight is 406 g/mol. The lowest BCUT2D eigenvalue weighted by molar-refractivity contribution is -0.148. The number of anilines is 1. The lowest BCUT2D eigenvalue weighted by atomic mass is 10.2. The quantitative estimate of drug-likeness (QED) is 0.589. The zero-order valence-corrected chi connectivity index (χ0v) is 15.3. The minimum Gasteiger partial charge on any atom is -0.449 e. The van der Waals surface area contributed by atoms with Gasteiger partial charge in [-0.05, 0) is 59.6 Å². The number of benzene rings is 2. The second-order valence-electron chi connectivity index (χ2n) is 5.41. The van der Waals surface area contributed by atoms with Gasteiger partial charge in [0.15, 0.2) is 6.10 Å². The van der Waals surface area contributed by atoms with Gasteiger partial charge in [-0.3, -0.25) is 4.79 Å². The maximum Gasteiger partial charge on any atom is 0.331 e. The zero-order chi connectivity index (χ0) is 18.4. The maximum atomic E-state index is 13.5. The fraction of sp³-hybridized carbons (Fsp3) is 0.158. The normalized spacial score (nSPS) is 12.0. The Hall–Kier alpha value is -2.47. The number of carbonyl (C=O) groups is 2. The van der Waals surface area contributed by atoms with Crippen molar-refractivity contribution in [3.8, 4) is 0 Å². The number of esters is 1. The summed E-state index contributed by atoms with van der Waals surface area (Å²) in [6.45, 7) is 3.40. The molecule has 2 rings (SSSR count). The second kappa shape index (κ2) is 8.58. The van der Waals surface area contributed by atoms with Crippen molar-refractivity contribution in [2.45, 2.75) is 20.0 Å². The third-order valence-corrected chi connectivity index (χ3v) is 4.00. The Balaban J connectivity index is 1.94. The molecule has 0 aliphatic rings. The number of ether oxygens (including phenoxy) is 1. The molecule has 1 atom stereocenters. The predicted molar refractivity (Wildman–Crippen MR) is 98.5 cm³/mol. The molecule has 0 aromatic heterocycles. The first-order valence-corrected chi connectivity index (χ1v) is 8.36. The Bertz CT molecular complexity index is 820. The molecule has 0 spiro atoms. The molecule has 2 aromatic rings. The van der Waals surface area contributed by atoms with E-state index in [1.165, 1.54) is 25.1 Å². The van der Waals surface area contributed by atoms with Gasteiger partial charge < -0.3 is 10.1 Å². The third kappa shape index (κ3) is 5.53. The van der Waals surface area contributed by atoms with E-state index in [1.807, 2.05) is 19.1 Å². The van der Waals surface area contributed by atoms with Crippen molar-refractivity contribution in [2.24, 2.45) is 0 Å². The van der Waals surface area contributed by atoms with E-state index in [1.54, 1.807) is 18.2 Å². The first kappa shape index (κ1) is 18.9. The van der Waals surface area contributed by atoms with Gasteiger partial charge in [0.1, 0.15) is 5.82 Å². The molecule has 25 heavy (non-hydrogen) atoms. The SMILES string of the molecule is Cc1ccc(NC(=O)[C@@H](C)OC(=O)/C=C/c2ccccc2F)c(Br)c1.